The second kappa shape index (κ2) is 4.31. The van der Waals surface area contributed by atoms with Gasteiger partial charge in [0.25, 0.3) is 0 Å². The van der Waals surface area contributed by atoms with E-state index in [9.17, 15) is 4.79 Å². The van der Waals surface area contributed by atoms with Crippen molar-refractivity contribution >= 4 is 28.7 Å². The zero-order valence-corrected chi connectivity index (χ0v) is 11.8. The van der Waals surface area contributed by atoms with Crippen LogP contribution >= 0.6 is 22.9 Å². The van der Waals surface area contributed by atoms with Crippen LogP contribution in [0.1, 0.15) is 37.7 Å². The predicted octanol–water partition coefficient (Wildman–Crippen LogP) is 4.19. The number of hydrogen-bond donors (Lipinski definition) is 1. The van der Waals surface area contributed by atoms with Gasteiger partial charge >= 0.3 is 0 Å². The molecule has 4 heteroatoms. The van der Waals surface area contributed by atoms with E-state index in [2.05, 4.69) is 4.98 Å². The maximum Gasteiger partial charge on any atom is 0.220 e. The normalized spacial score (nSPS) is 10.9. The average Bonchev–Trinajstić information content (AvgIpc) is 2.75. The van der Waals surface area contributed by atoms with E-state index in [1.165, 1.54) is 11.3 Å². The van der Waals surface area contributed by atoms with Crippen LogP contribution in [-0.4, -0.2) is 10.8 Å². The highest BCUT2D eigenvalue weighted by atomic mass is 35.5. The SMILES string of the molecule is Cc1csc(C(=O)c2[nH]c(C)c(C)c2C)c1Cl. The highest BCUT2D eigenvalue weighted by Crippen LogP contribution is 2.30. The largest absolute Gasteiger partial charge is 0.355 e. The Balaban J connectivity index is 2.51. The molecule has 0 bridgehead atoms. The highest BCUT2D eigenvalue weighted by Gasteiger charge is 2.21. The number of rotatable bonds is 2. The number of thiophene rings is 1. The summed E-state index contributed by atoms with van der Waals surface area (Å²) in [5.41, 5.74) is 4.80. The third kappa shape index (κ3) is 1.94. The lowest BCUT2D eigenvalue weighted by Crippen LogP contribution is -2.02. The minimum atomic E-state index is -0.0122. The third-order valence-corrected chi connectivity index (χ3v) is 4.84. The molecular weight excluding hydrogens is 254 g/mol. The van der Waals surface area contributed by atoms with E-state index in [0.717, 1.165) is 22.4 Å². The monoisotopic (exact) mass is 267 g/mol. The molecule has 2 heterocycles. The molecular formula is C13H14ClNOS. The van der Waals surface area contributed by atoms with Gasteiger partial charge in [-0.25, -0.2) is 0 Å². The van der Waals surface area contributed by atoms with E-state index >= 15 is 0 Å². The van der Waals surface area contributed by atoms with E-state index in [4.69, 9.17) is 11.6 Å². The van der Waals surface area contributed by atoms with Crippen molar-refractivity contribution in [3.05, 3.63) is 43.4 Å². The number of ketones is 1. The average molecular weight is 268 g/mol. The van der Waals surface area contributed by atoms with Crippen molar-refractivity contribution in [3.63, 3.8) is 0 Å². The fourth-order valence-electron chi connectivity index (χ4n) is 1.77. The lowest BCUT2D eigenvalue weighted by molar-refractivity contribution is 0.103. The van der Waals surface area contributed by atoms with Crippen LogP contribution in [0, 0.1) is 27.7 Å². The number of aromatic amines is 1. The molecule has 0 unspecified atom stereocenters. The van der Waals surface area contributed by atoms with Crippen molar-refractivity contribution in [3.8, 4) is 0 Å². The Morgan fingerprint density at radius 3 is 2.29 bits per heavy atom. The number of carbonyl (C=O) groups is 1. The Labute approximate surface area is 110 Å². The van der Waals surface area contributed by atoms with Gasteiger partial charge in [-0.15, -0.1) is 11.3 Å². The molecule has 90 valence electrons. The molecule has 0 fully saturated rings. The summed E-state index contributed by atoms with van der Waals surface area (Å²) in [6.07, 6.45) is 0. The number of aromatic nitrogens is 1. The minimum Gasteiger partial charge on any atom is -0.355 e. The Morgan fingerprint density at radius 2 is 1.88 bits per heavy atom. The first-order valence-electron chi connectivity index (χ1n) is 5.37. The topological polar surface area (TPSA) is 32.9 Å². The first-order valence-corrected chi connectivity index (χ1v) is 6.63. The van der Waals surface area contributed by atoms with Gasteiger partial charge < -0.3 is 4.98 Å². The zero-order chi connectivity index (χ0) is 12.7. The van der Waals surface area contributed by atoms with Crippen molar-refractivity contribution in [1.82, 2.24) is 4.98 Å². The van der Waals surface area contributed by atoms with Gasteiger partial charge in [0.1, 0.15) is 0 Å². The molecule has 17 heavy (non-hydrogen) atoms. The van der Waals surface area contributed by atoms with Gasteiger partial charge in [-0.1, -0.05) is 11.6 Å². The summed E-state index contributed by atoms with van der Waals surface area (Å²) >= 11 is 7.53. The van der Waals surface area contributed by atoms with Gasteiger partial charge in [0, 0.05) is 5.69 Å². The van der Waals surface area contributed by atoms with E-state index in [1.54, 1.807) is 0 Å². The number of carbonyl (C=O) groups excluding carboxylic acids is 1. The summed E-state index contributed by atoms with van der Waals surface area (Å²) in [6.45, 7) is 7.85. The van der Waals surface area contributed by atoms with Crippen LogP contribution in [0.4, 0.5) is 0 Å². The van der Waals surface area contributed by atoms with Crippen molar-refractivity contribution in [2.75, 3.05) is 0 Å². The second-order valence-electron chi connectivity index (χ2n) is 4.27. The highest BCUT2D eigenvalue weighted by molar-refractivity contribution is 7.13. The van der Waals surface area contributed by atoms with Gasteiger partial charge in [0.05, 0.1) is 15.6 Å². The van der Waals surface area contributed by atoms with E-state index in [1.807, 2.05) is 33.1 Å². The molecule has 2 rings (SSSR count). The number of aryl methyl sites for hydroxylation is 2. The predicted molar refractivity (Wildman–Crippen MR) is 72.5 cm³/mol. The fraction of sp³-hybridized carbons (Fsp3) is 0.308. The molecule has 0 spiro atoms. The van der Waals surface area contributed by atoms with Gasteiger partial charge in [0.2, 0.25) is 5.78 Å². The van der Waals surface area contributed by atoms with Crippen molar-refractivity contribution < 1.29 is 4.79 Å². The molecule has 0 aliphatic rings. The van der Waals surface area contributed by atoms with Crippen LogP contribution in [0.2, 0.25) is 5.02 Å². The number of H-pyrrole nitrogens is 1. The number of hydrogen-bond acceptors (Lipinski definition) is 2. The molecule has 2 nitrogen and oxygen atoms in total. The Morgan fingerprint density at radius 1 is 1.24 bits per heavy atom. The van der Waals surface area contributed by atoms with Gasteiger partial charge in [-0.2, -0.15) is 0 Å². The Hall–Kier alpha value is -1.06. The van der Waals surface area contributed by atoms with Crippen LogP contribution in [0.3, 0.4) is 0 Å². The van der Waals surface area contributed by atoms with Gasteiger partial charge in [-0.05, 0) is 49.8 Å². The molecule has 0 radical (unpaired) electrons. The van der Waals surface area contributed by atoms with Crippen LogP contribution in [0.25, 0.3) is 0 Å². The molecule has 2 aromatic rings. The first kappa shape index (κ1) is 12.4. The first-order chi connectivity index (χ1) is 7.93. The quantitative estimate of drug-likeness (QED) is 0.813. The van der Waals surface area contributed by atoms with Crippen molar-refractivity contribution in [2.24, 2.45) is 0 Å². The van der Waals surface area contributed by atoms with Crippen LogP contribution in [0.5, 0.6) is 0 Å². The Kier molecular flexibility index (Phi) is 3.15. The Bertz CT molecular complexity index is 595. The summed E-state index contributed by atoms with van der Waals surface area (Å²) in [6, 6.07) is 0. The lowest BCUT2D eigenvalue weighted by atomic mass is 10.1. The molecule has 1 N–H and O–H groups in total. The maximum absolute atomic E-state index is 12.4. The van der Waals surface area contributed by atoms with E-state index < -0.39 is 0 Å². The third-order valence-electron chi connectivity index (χ3n) is 3.14. The standard InChI is InChI=1S/C13H14ClNOS/c1-6-5-17-13(10(6)14)12(16)11-8(3)7(2)9(4)15-11/h5,15H,1-4H3. The van der Waals surface area contributed by atoms with E-state index in [-0.39, 0.29) is 5.78 Å². The molecule has 0 saturated heterocycles. The maximum atomic E-state index is 12.4. The molecule has 0 atom stereocenters. The smallest absolute Gasteiger partial charge is 0.220 e. The summed E-state index contributed by atoms with van der Waals surface area (Å²) in [7, 11) is 0. The van der Waals surface area contributed by atoms with Crippen molar-refractivity contribution in [1.29, 1.82) is 0 Å². The summed E-state index contributed by atoms with van der Waals surface area (Å²) < 4.78 is 0. The summed E-state index contributed by atoms with van der Waals surface area (Å²) in [5, 5.41) is 2.48. The number of halogens is 1. The molecule has 0 aliphatic heterocycles. The molecule has 0 amide bonds. The number of nitrogens with one attached hydrogen (secondary N) is 1. The minimum absolute atomic E-state index is 0.0122. The van der Waals surface area contributed by atoms with E-state index in [0.29, 0.717) is 15.6 Å². The van der Waals surface area contributed by atoms with Gasteiger partial charge in [-0.3, -0.25) is 4.79 Å². The zero-order valence-electron chi connectivity index (χ0n) is 10.3. The van der Waals surface area contributed by atoms with Crippen molar-refractivity contribution in [2.45, 2.75) is 27.7 Å². The second-order valence-corrected chi connectivity index (χ2v) is 5.52. The molecule has 2 aromatic heterocycles. The summed E-state index contributed by atoms with van der Waals surface area (Å²) in [4.78, 5) is 16.1. The van der Waals surface area contributed by atoms with Crippen LogP contribution in [-0.2, 0) is 0 Å². The lowest BCUT2D eigenvalue weighted by Gasteiger charge is -1.99. The van der Waals surface area contributed by atoms with Gasteiger partial charge in [0.15, 0.2) is 0 Å². The fourth-order valence-corrected chi connectivity index (χ4v) is 2.99. The summed E-state index contributed by atoms with van der Waals surface area (Å²) in [5.74, 6) is -0.0122. The van der Waals surface area contributed by atoms with Crippen LogP contribution in [0.15, 0.2) is 5.38 Å². The molecule has 0 saturated carbocycles. The molecule has 0 aromatic carbocycles. The van der Waals surface area contributed by atoms with Crippen LogP contribution < -0.4 is 0 Å². The molecule has 0 aliphatic carbocycles.